The molecule has 0 aromatic carbocycles. The molecule has 116 valence electrons. The smallest absolute Gasteiger partial charge is 0.242 e. The van der Waals surface area contributed by atoms with Crippen LogP contribution in [0.25, 0.3) is 0 Å². The van der Waals surface area contributed by atoms with Crippen molar-refractivity contribution < 1.29 is 9.53 Å². The molecule has 0 spiro atoms. The van der Waals surface area contributed by atoms with E-state index in [1.807, 2.05) is 4.90 Å². The molecule has 1 amide bonds. The molecular formula is C15H29N3O2. The molecular weight excluding hydrogens is 254 g/mol. The fourth-order valence-electron chi connectivity index (χ4n) is 3.27. The van der Waals surface area contributed by atoms with Crippen LogP contribution in [-0.4, -0.2) is 73.7 Å². The Labute approximate surface area is 122 Å². The first-order valence-electron chi connectivity index (χ1n) is 7.74. The van der Waals surface area contributed by atoms with Crippen LogP contribution in [0.1, 0.15) is 27.2 Å². The zero-order valence-electron chi connectivity index (χ0n) is 13.3. The Kier molecular flexibility index (Phi) is 5.04. The molecule has 2 unspecified atom stereocenters. The molecule has 0 aromatic rings. The summed E-state index contributed by atoms with van der Waals surface area (Å²) in [6.45, 7) is 11.7. The second-order valence-electron chi connectivity index (χ2n) is 6.59. The Morgan fingerprint density at radius 3 is 2.50 bits per heavy atom. The van der Waals surface area contributed by atoms with E-state index in [1.165, 1.54) is 0 Å². The molecule has 0 saturated carbocycles. The fourth-order valence-corrected chi connectivity index (χ4v) is 3.27. The van der Waals surface area contributed by atoms with E-state index in [0.717, 1.165) is 45.7 Å². The Morgan fingerprint density at radius 2 is 1.90 bits per heavy atom. The number of nitrogens with zero attached hydrogens (tertiary/aromatic N) is 2. The van der Waals surface area contributed by atoms with Crippen LogP contribution >= 0.6 is 0 Å². The van der Waals surface area contributed by atoms with E-state index < -0.39 is 5.54 Å². The largest absolute Gasteiger partial charge is 0.379 e. The van der Waals surface area contributed by atoms with Crippen molar-refractivity contribution in [3.8, 4) is 0 Å². The number of ether oxygens (including phenoxy) is 1. The molecule has 0 bridgehead atoms. The molecule has 2 heterocycles. The first kappa shape index (κ1) is 15.7. The van der Waals surface area contributed by atoms with E-state index in [0.29, 0.717) is 5.92 Å². The molecule has 5 heteroatoms. The molecule has 20 heavy (non-hydrogen) atoms. The van der Waals surface area contributed by atoms with Crippen LogP contribution in [0.2, 0.25) is 0 Å². The van der Waals surface area contributed by atoms with Crippen molar-refractivity contribution in [2.45, 2.75) is 38.8 Å². The molecule has 2 aliphatic rings. The topological polar surface area (TPSA) is 44.8 Å². The number of carbonyl (C=O) groups excluding carboxylic acids is 1. The van der Waals surface area contributed by atoms with Gasteiger partial charge in [-0.25, -0.2) is 0 Å². The summed E-state index contributed by atoms with van der Waals surface area (Å²) in [5.74, 6) is 0.777. The summed E-state index contributed by atoms with van der Waals surface area (Å²) in [6, 6.07) is 0. The minimum absolute atomic E-state index is 0.173. The number of hydrogen-bond acceptors (Lipinski definition) is 4. The van der Waals surface area contributed by atoms with Gasteiger partial charge in [-0.05, 0) is 26.2 Å². The van der Waals surface area contributed by atoms with Crippen LogP contribution in [0.3, 0.4) is 0 Å². The summed E-state index contributed by atoms with van der Waals surface area (Å²) in [6.07, 6.45) is 1.20. The van der Waals surface area contributed by atoms with Crippen LogP contribution in [-0.2, 0) is 9.53 Å². The molecule has 2 atom stereocenters. The van der Waals surface area contributed by atoms with E-state index in [4.69, 9.17) is 4.74 Å². The normalized spacial score (nSPS) is 29.5. The number of likely N-dealkylation sites (tertiary alicyclic amines) is 1. The number of rotatable bonds is 3. The Morgan fingerprint density at radius 1 is 1.25 bits per heavy atom. The average molecular weight is 283 g/mol. The van der Waals surface area contributed by atoms with Crippen molar-refractivity contribution in [1.82, 2.24) is 15.1 Å². The number of amides is 1. The lowest BCUT2D eigenvalue weighted by atomic mass is 9.92. The number of carbonyl (C=O) groups is 1. The van der Waals surface area contributed by atoms with Gasteiger partial charge in [0.05, 0.1) is 11.6 Å². The van der Waals surface area contributed by atoms with E-state index in [-0.39, 0.29) is 12.0 Å². The predicted octanol–water partition coefficient (Wildman–Crippen LogP) is 0.554. The van der Waals surface area contributed by atoms with Gasteiger partial charge in [0, 0.05) is 46.4 Å². The zero-order chi connectivity index (χ0) is 14.8. The maximum absolute atomic E-state index is 12.9. The number of hydrogen-bond donors (Lipinski definition) is 1. The van der Waals surface area contributed by atoms with Gasteiger partial charge in [0.15, 0.2) is 0 Å². The van der Waals surface area contributed by atoms with Gasteiger partial charge in [-0.3, -0.25) is 9.69 Å². The maximum Gasteiger partial charge on any atom is 0.242 e. The highest BCUT2D eigenvalue weighted by Gasteiger charge is 2.40. The first-order chi connectivity index (χ1) is 9.46. The van der Waals surface area contributed by atoms with Gasteiger partial charge in [-0.2, -0.15) is 0 Å². The quantitative estimate of drug-likeness (QED) is 0.822. The van der Waals surface area contributed by atoms with Crippen LogP contribution in [0.4, 0.5) is 0 Å². The van der Waals surface area contributed by atoms with Crippen molar-refractivity contribution in [2.24, 2.45) is 5.92 Å². The standard InChI is InChI=1S/C15H29N3O2/c1-12-5-8-17(11-13(12)20-4)14(19)15(2,3)18-9-6-16-7-10-18/h12-13,16H,5-11H2,1-4H3. The van der Waals surface area contributed by atoms with Crippen molar-refractivity contribution in [2.75, 3.05) is 46.4 Å². The first-order valence-corrected chi connectivity index (χ1v) is 7.74. The third-order valence-electron chi connectivity index (χ3n) is 4.91. The number of nitrogens with one attached hydrogen (secondary N) is 1. The molecule has 0 aliphatic carbocycles. The molecule has 2 fully saturated rings. The van der Waals surface area contributed by atoms with Crippen molar-refractivity contribution in [1.29, 1.82) is 0 Å². The molecule has 1 N–H and O–H groups in total. The summed E-state index contributed by atoms with van der Waals surface area (Å²) >= 11 is 0. The van der Waals surface area contributed by atoms with Gasteiger partial charge < -0.3 is 15.0 Å². The summed E-state index contributed by atoms with van der Waals surface area (Å²) in [7, 11) is 1.75. The molecule has 2 saturated heterocycles. The molecule has 5 nitrogen and oxygen atoms in total. The van der Waals surface area contributed by atoms with Gasteiger partial charge in [-0.1, -0.05) is 6.92 Å². The third-order valence-corrected chi connectivity index (χ3v) is 4.91. The Bertz CT molecular complexity index is 340. The minimum Gasteiger partial charge on any atom is -0.379 e. The molecule has 0 aromatic heterocycles. The Balaban J connectivity index is 2.01. The Hall–Kier alpha value is -0.650. The second-order valence-corrected chi connectivity index (χ2v) is 6.59. The van der Waals surface area contributed by atoms with E-state index in [2.05, 4.69) is 31.0 Å². The van der Waals surface area contributed by atoms with Gasteiger partial charge >= 0.3 is 0 Å². The average Bonchev–Trinajstić information content (AvgIpc) is 2.48. The number of methoxy groups -OCH3 is 1. The van der Waals surface area contributed by atoms with E-state index in [9.17, 15) is 4.79 Å². The number of piperidine rings is 1. The highest BCUT2D eigenvalue weighted by Crippen LogP contribution is 2.24. The lowest BCUT2D eigenvalue weighted by molar-refractivity contribution is -0.148. The second kappa shape index (κ2) is 6.41. The number of piperazine rings is 1. The van der Waals surface area contributed by atoms with E-state index >= 15 is 0 Å². The van der Waals surface area contributed by atoms with Gasteiger partial charge in [0.25, 0.3) is 0 Å². The van der Waals surface area contributed by atoms with E-state index in [1.54, 1.807) is 7.11 Å². The summed E-state index contributed by atoms with van der Waals surface area (Å²) in [5, 5.41) is 3.34. The zero-order valence-corrected chi connectivity index (χ0v) is 13.3. The summed E-state index contributed by atoms with van der Waals surface area (Å²) < 4.78 is 5.52. The lowest BCUT2D eigenvalue weighted by Crippen LogP contribution is -2.62. The lowest BCUT2D eigenvalue weighted by Gasteiger charge is -2.45. The van der Waals surface area contributed by atoms with Crippen LogP contribution in [0.15, 0.2) is 0 Å². The van der Waals surface area contributed by atoms with Crippen LogP contribution < -0.4 is 5.32 Å². The minimum atomic E-state index is -0.416. The summed E-state index contributed by atoms with van der Waals surface area (Å²) in [5.41, 5.74) is -0.416. The van der Waals surface area contributed by atoms with Crippen LogP contribution in [0.5, 0.6) is 0 Å². The highest BCUT2D eigenvalue weighted by molar-refractivity contribution is 5.85. The van der Waals surface area contributed by atoms with Gasteiger partial charge in [0.1, 0.15) is 0 Å². The van der Waals surface area contributed by atoms with Crippen molar-refractivity contribution >= 4 is 5.91 Å². The SMILES string of the molecule is COC1CN(C(=O)C(C)(C)N2CCNCC2)CCC1C. The third kappa shape index (κ3) is 3.15. The predicted molar refractivity (Wildman–Crippen MR) is 79.7 cm³/mol. The van der Waals surface area contributed by atoms with Crippen molar-refractivity contribution in [3.05, 3.63) is 0 Å². The maximum atomic E-state index is 12.9. The van der Waals surface area contributed by atoms with Gasteiger partial charge in [0.2, 0.25) is 5.91 Å². The molecule has 2 aliphatic heterocycles. The van der Waals surface area contributed by atoms with Crippen LogP contribution in [0, 0.1) is 5.92 Å². The monoisotopic (exact) mass is 283 g/mol. The van der Waals surface area contributed by atoms with Gasteiger partial charge in [-0.15, -0.1) is 0 Å². The summed E-state index contributed by atoms with van der Waals surface area (Å²) in [4.78, 5) is 17.2. The molecule has 0 radical (unpaired) electrons. The van der Waals surface area contributed by atoms with Crippen molar-refractivity contribution in [3.63, 3.8) is 0 Å². The highest BCUT2D eigenvalue weighted by atomic mass is 16.5. The molecule has 2 rings (SSSR count). The fraction of sp³-hybridized carbons (Fsp3) is 0.933.